The Balaban J connectivity index is 2.37. The van der Waals surface area contributed by atoms with Crippen LogP contribution in [-0.4, -0.2) is 38.5 Å². The molecule has 1 atom stereocenters. The number of halogens is 2. The summed E-state index contributed by atoms with van der Waals surface area (Å²) in [5.41, 5.74) is 5.75. The van der Waals surface area contributed by atoms with Crippen molar-refractivity contribution in [1.29, 1.82) is 0 Å². The summed E-state index contributed by atoms with van der Waals surface area (Å²) in [7, 11) is -3.78. The maximum Gasteiger partial charge on any atom is 0.243 e. The second kappa shape index (κ2) is 6.58. The lowest BCUT2D eigenvalue weighted by atomic mass is 10.2. The second-order valence-electron chi connectivity index (χ2n) is 4.85. The van der Waals surface area contributed by atoms with Gasteiger partial charge in [0, 0.05) is 19.6 Å². The van der Waals surface area contributed by atoms with Crippen LogP contribution in [0.4, 0.5) is 4.39 Å². The Morgan fingerprint density at radius 3 is 2.86 bits per heavy atom. The summed E-state index contributed by atoms with van der Waals surface area (Å²) in [6, 6.07) is 2.27. The molecule has 21 heavy (non-hydrogen) atoms. The monoisotopic (exact) mass is 336 g/mol. The fourth-order valence-electron chi connectivity index (χ4n) is 2.22. The quantitative estimate of drug-likeness (QED) is 0.909. The van der Waals surface area contributed by atoms with Gasteiger partial charge in [0.05, 0.1) is 22.6 Å². The standard InChI is InChI=1S/C13H18ClFN2O3S/c1-2-10-8-17(3-4-20-10)21(18,19)11-5-9(7-16)13(14)12(15)6-11/h5-6,10H,2-4,7-8,16H2,1H3. The predicted molar refractivity (Wildman–Crippen MR) is 78.1 cm³/mol. The van der Waals surface area contributed by atoms with Crippen LogP contribution in [0.3, 0.4) is 0 Å². The van der Waals surface area contributed by atoms with Crippen molar-refractivity contribution >= 4 is 21.6 Å². The van der Waals surface area contributed by atoms with E-state index in [1.54, 1.807) is 0 Å². The average Bonchev–Trinajstić information content (AvgIpc) is 2.49. The van der Waals surface area contributed by atoms with Crippen LogP contribution >= 0.6 is 11.6 Å². The Hall–Kier alpha value is -0.730. The van der Waals surface area contributed by atoms with Gasteiger partial charge in [0.25, 0.3) is 0 Å². The van der Waals surface area contributed by atoms with E-state index in [9.17, 15) is 12.8 Å². The highest BCUT2D eigenvalue weighted by atomic mass is 35.5. The van der Waals surface area contributed by atoms with Crippen LogP contribution in [0.5, 0.6) is 0 Å². The number of hydrogen-bond acceptors (Lipinski definition) is 4. The molecule has 118 valence electrons. The second-order valence-corrected chi connectivity index (χ2v) is 7.16. The number of ether oxygens (including phenoxy) is 1. The maximum atomic E-state index is 13.8. The topological polar surface area (TPSA) is 72.6 Å². The van der Waals surface area contributed by atoms with E-state index in [0.29, 0.717) is 6.61 Å². The van der Waals surface area contributed by atoms with E-state index >= 15 is 0 Å². The lowest BCUT2D eigenvalue weighted by Crippen LogP contribution is -2.45. The predicted octanol–water partition coefficient (Wildman–Crippen LogP) is 1.74. The third-order valence-electron chi connectivity index (χ3n) is 3.49. The van der Waals surface area contributed by atoms with Crippen molar-refractivity contribution in [2.75, 3.05) is 19.7 Å². The molecule has 0 aliphatic carbocycles. The molecule has 1 aliphatic heterocycles. The molecule has 1 unspecified atom stereocenters. The molecule has 2 N–H and O–H groups in total. The minimum absolute atomic E-state index is 0.0280. The minimum Gasteiger partial charge on any atom is -0.375 e. The van der Waals surface area contributed by atoms with Gasteiger partial charge < -0.3 is 10.5 Å². The van der Waals surface area contributed by atoms with Crippen LogP contribution in [0.25, 0.3) is 0 Å². The van der Waals surface area contributed by atoms with E-state index in [-0.39, 0.29) is 41.2 Å². The fraction of sp³-hybridized carbons (Fsp3) is 0.538. The van der Waals surface area contributed by atoms with Crippen LogP contribution in [0, 0.1) is 5.82 Å². The molecule has 0 bridgehead atoms. The first-order valence-electron chi connectivity index (χ1n) is 6.69. The first kappa shape index (κ1) is 16.6. The molecule has 1 heterocycles. The molecule has 5 nitrogen and oxygen atoms in total. The largest absolute Gasteiger partial charge is 0.375 e. The Morgan fingerprint density at radius 1 is 1.52 bits per heavy atom. The number of sulfonamides is 1. The number of rotatable bonds is 4. The van der Waals surface area contributed by atoms with E-state index in [1.807, 2.05) is 6.92 Å². The summed E-state index contributed by atoms with van der Waals surface area (Å²) in [5.74, 6) is -0.779. The molecular formula is C13H18ClFN2O3S. The number of hydrogen-bond donors (Lipinski definition) is 1. The molecule has 8 heteroatoms. The fourth-order valence-corrected chi connectivity index (χ4v) is 3.93. The van der Waals surface area contributed by atoms with Crippen molar-refractivity contribution in [1.82, 2.24) is 4.31 Å². The molecule has 1 aromatic rings. The van der Waals surface area contributed by atoms with Gasteiger partial charge in [-0.2, -0.15) is 4.31 Å². The highest BCUT2D eigenvalue weighted by Crippen LogP contribution is 2.27. The summed E-state index contributed by atoms with van der Waals surface area (Å²) < 4.78 is 45.7. The molecule has 0 radical (unpaired) electrons. The van der Waals surface area contributed by atoms with Gasteiger partial charge in [-0.3, -0.25) is 0 Å². The van der Waals surface area contributed by atoms with E-state index in [2.05, 4.69) is 0 Å². The SMILES string of the molecule is CCC1CN(S(=O)(=O)c2cc(F)c(Cl)c(CN)c2)CCO1. The molecule has 2 rings (SSSR count). The highest BCUT2D eigenvalue weighted by molar-refractivity contribution is 7.89. The number of morpholine rings is 1. The van der Waals surface area contributed by atoms with Crippen molar-refractivity contribution in [2.24, 2.45) is 5.73 Å². The molecule has 0 saturated carbocycles. The van der Waals surface area contributed by atoms with Gasteiger partial charge in [-0.1, -0.05) is 18.5 Å². The number of benzene rings is 1. The molecule has 1 saturated heterocycles. The maximum absolute atomic E-state index is 13.8. The lowest BCUT2D eigenvalue weighted by Gasteiger charge is -2.31. The highest BCUT2D eigenvalue weighted by Gasteiger charge is 2.31. The van der Waals surface area contributed by atoms with Crippen molar-refractivity contribution < 1.29 is 17.5 Å². The van der Waals surface area contributed by atoms with Gasteiger partial charge in [-0.25, -0.2) is 12.8 Å². The Labute approximate surface area is 128 Å². The van der Waals surface area contributed by atoms with Crippen molar-refractivity contribution in [2.45, 2.75) is 30.9 Å². The third-order valence-corrected chi connectivity index (χ3v) is 5.76. The van der Waals surface area contributed by atoms with Crippen LogP contribution < -0.4 is 5.73 Å². The summed E-state index contributed by atoms with van der Waals surface area (Å²) in [6.07, 6.45) is 0.578. The molecule has 0 spiro atoms. The van der Waals surface area contributed by atoms with E-state index in [4.69, 9.17) is 22.1 Å². The smallest absolute Gasteiger partial charge is 0.243 e. The Kier molecular flexibility index (Phi) is 5.21. The van der Waals surface area contributed by atoms with Crippen molar-refractivity contribution in [3.8, 4) is 0 Å². The molecule has 0 aromatic heterocycles. The van der Waals surface area contributed by atoms with E-state index in [0.717, 1.165) is 12.5 Å². The normalized spacial score (nSPS) is 20.7. The zero-order valence-corrected chi connectivity index (χ0v) is 13.3. The summed E-state index contributed by atoms with van der Waals surface area (Å²) in [6.45, 7) is 2.74. The lowest BCUT2D eigenvalue weighted by molar-refractivity contribution is -0.00278. The van der Waals surface area contributed by atoms with Gasteiger partial charge >= 0.3 is 0 Å². The minimum atomic E-state index is -3.78. The van der Waals surface area contributed by atoms with E-state index < -0.39 is 15.8 Å². The van der Waals surface area contributed by atoms with Crippen LogP contribution in [-0.2, 0) is 21.3 Å². The van der Waals surface area contributed by atoms with Gasteiger partial charge in [0.2, 0.25) is 10.0 Å². The average molecular weight is 337 g/mol. The molecule has 1 fully saturated rings. The Bertz CT molecular complexity index is 624. The number of nitrogens with two attached hydrogens (primary N) is 1. The Morgan fingerprint density at radius 2 is 2.24 bits per heavy atom. The van der Waals surface area contributed by atoms with E-state index in [1.165, 1.54) is 10.4 Å². The summed E-state index contributed by atoms with van der Waals surface area (Å²) in [5, 5.41) is -0.134. The third kappa shape index (κ3) is 3.37. The molecule has 0 amide bonds. The first-order chi connectivity index (χ1) is 9.90. The van der Waals surface area contributed by atoms with Crippen LogP contribution in [0.1, 0.15) is 18.9 Å². The van der Waals surface area contributed by atoms with Gasteiger partial charge in [-0.15, -0.1) is 0 Å². The molecule has 1 aromatic carbocycles. The van der Waals surface area contributed by atoms with Gasteiger partial charge in [0.1, 0.15) is 5.82 Å². The molecular weight excluding hydrogens is 319 g/mol. The first-order valence-corrected chi connectivity index (χ1v) is 8.51. The van der Waals surface area contributed by atoms with Gasteiger partial charge in [-0.05, 0) is 24.1 Å². The van der Waals surface area contributed by atoms with Crippen molar-refractivity contribution in [3.05, 3.63) is 28.5 Å². The van der Waals surface area contributed by atoms with Crippen LogP contribution in [0.2, 0.25) is 5.02 Å². The van der Waals surface area contributed by atoms with Crippen molar-refractivity contribution in [3.63, 3.8) is 0 Å². The van der Waals surface area contributed by atoms with Gasteiger partial charge in [0.15, 0.2) is 0 Å². The number of nitrogens with zero attached hydrogens (tertiary/aromatic N) is 1. The zero-order chi connectivity index (χ0) is 15.6. The molecule has 1 aliphatic rings. The summed E-state index contributed by atoms with van der Waals surface area (Å²) in [4.78, 5) is -0.124. The zero-order valence-electron chi connectivity index (χ0n) is 11.7. The van der Waals surface area contributed by atoms with Crippen LogP contribution in [0.15, 0.2) is 17.0 Å². The summed E-state index contributed by atoms with van der Waals surface area (Å²) >= 11 is 5.76.